The topological polar surface area (TPSA) is 0 Å². The van der Waals surface area contributed by atoms with Crippen molar-refractivity contribution >= 4 is 23.5 Å². The van der Waals surface area contributed by atoms with Gasteiger partial charge in [-0.3, -0.25) is 0 Å². The lowest BCUT2D eigenvalue weighted by Crippen LogP contribution is -2.46. The van der Waals surface area contributed by atoms with Crippen LogP contribution in [0.15, 0.2) is 287 Å². The molecule has 0 unspecified atom stereocenters. The molecular weight excluding hydrogens is 1070 g/mol. The van der Waals surface area contributed by atoms with Crippen molar-refractivity contribution in [3.05, 3.63) is 378 Å². The smallest absolute Gasteiger partial charge is 0.0730 e. The summed E-state index contributed by atoms with van der Waals surface area (Å²) in [5.74, 6) is 0. The van der Waals surface area contributed by atoms with Crippen LogP contribution in [0, 0.1) is 0 Å². The zero-order chi connectivity index (χ0) is 57.5. The van der Waals surface area contributed by atoms with Crippen LogP contribution in [-0.2, 0) is 47.3 Å². The Hall–Kier alpha value is -8.66. The highest BCUT2D eigenvalue weighted by molar-refractivity contribution is 7.99. The third kappa shape index (κ3) is 6.49. The first-order valence-corrected chi connectivity index (χ1v) is 32.8. The van der Waals surface area contributed by atoms with Crippen molar-refractivity contribution in [2.45, 2.75) is 94.6 Å². The van der Waals surface area contributed by atoms with Crippen LogP contribution in [0.5, 0.6) is 0 Å². The molecule has 4 aliphatic carbocycles. The van der Waals surface area contributed by atoms with E-state index in [1.165, 1.54) is 153 Å². The lowest BCUT2D eigenvalue weighted by molar-refractivity contribution is 0.603. The van der Waals surface area contributed by atoms with E-state index in [0.29, 0.717) is 0 Å². The monoisotopic (exact) mass is 1140 g/mol. The summed E-state index contributed by atoms with van der Waals surface area (Å²) < 4.78 is 0. The zero-order valence-electron chi connectivity index (χ0n) is 49.0. The van der Waals surface area contributed by atoms with Crippen molar-refractivity contribution in [1.82, 2.24) is 0 Å². The standard InChI is InChI=1S/2C42H32S/c2*1-3-27-25-28(4-2)40-38(26-27)42(37-23-13-14-24-39(37)43-40)35-21-11-9-19-33(35)41(34-20-10-12-22-36(34)42)31-17-7-5-15-29(31)30-16-6-8-18-32(30)41/h2*5-26H,3-4H2,1-2H3. The first kappa shape index (κ1) is 51.7. The molecule has 4 spiro atoms. The zero-order valence-corrected chi connectivity index (χ0v) is 50.7. The number of rotatable bonds is 4. The highest BCUT2D eigenvalue weighted by Gasteiger charge is 2.60. The summed E-state index contributed by atoms with van der Waals surface area (Å²) in [6.45, 7) is 9.21. The van der Waals surface area contributed by atoms with Gasteiger partial charge in [0.25, 0.3) is 0 Å². The van der Waals surface area contributed by atoms with Gasteiger partial charge in [-0.2, -0.15) is 0 Å². The van der Waals surface area contributed by atoms with Gasteiger partial charge >= 0.3 is 0 Å². The highest BCUT2D eigenvalue weighted by Crippen LogP contribution is 2.70. The molecule has 12 aromatic carbocycles. The van der Waals surface area contributed by atoms with Crippen LogP contribution < -0.4 is 0 Å². The summed E-state index contributed by atoms with van der Waals surface area (Å²) in [5, 5.41) is 0. The fraction of sp³-hybridized carbons (Fsp3) is 0.143. The average molecular weight is 1140 g/mol. The molecule has 0 amide bonds. The number of aryl methyl sites for hydroxylation is 4. The summed E-state index contributed by atoms with van der Waals surface area (Å²) in [6, 6.07) is 102. The van der Waals surface area contributed by atoms with Crippen LogP contribution in [0.2, 0.25) is 0 Å². The second-order valence-corrected chi connectivity index (χ2v) is 26.3. The second-order valence-electron chi connectivity index (χ2n) is 24.2. The van der Waals surface area contributed by atoms with E-state index in [1.807, 2.05) is 23.5 Å². The molecular formula is C84H64S2. The molecule has 0 N–H and O–H groups in total. The van der Waals surface area contributed by atoms with Gasteiger partial charge in [0.1, 0.15) is 0 Å². The van der Waals surface area contributed by atoms with Crippen LogP contribution in [0.1, 0.15) is 139 Å². The van der Waals surface area contributed by atoms with E-state index >= 15 is 0 Å². The van der Waals surface area contributed by atoms with Gasteiger partial charge in [-0.25, -0.2) is 0 Å². The van der Waals surface area contributed by atoms with Crippen molar-refractivity contribution < 1.29 is 0 Å². The quantitative estimate of drug-likeness (QED) is 0.172. The fourth-order valence-corrected chi connectivity index (χ4v) is 20.1. The normalized spacial score (nSPS) is 15.7. The summed E-state index contributed by atoms with van der Waals surface area (Å²) in [6.07, 6.45) is 4.10. The fourth-order valence-electron chi connectivity index (χ4n) is 17.4. The Bertz CT molecular complexity index is 4310. The van der Waals surface area contributed by atoms with E-state index in [9.17, 15) is 0 Å². The number of hydrogen-bond donors (Lipinski definition) is 0. The summed E-state index contributed by atoms with van der Waals surface area (Å²) in [5.41, 5.74) is 32.0. The number of benzene rings is 12. The maximum absolute atomic E-state index is 2.54. The van der Waals surface area contributed by atoms with Gasteiger partial charge in [0, 0.05) is 19.6 Å². The Balaban J connectivity index is 0.000000134. The SMILES string of the molecule is CCc1cc(CC)c2c(c1)C1(c3ccccc3S2)c2ccccc2C2(c3ccccc3-c3ccccc32)c2ccccc21.CCc1cc(CC)c2c(c1)C1(c3ccccc3S2)c2ccccc2C2(c3ccccc3-c3ccccc32)c2ccccc21. The van der Waals surface area contributed by atoms with Gasteiger partial charge in [-0.05, 0) is 171 Å². The number of fused-ring (bicyclic) bond motifs is 30. The van der Waals surface area contributed by atoms with Crippen molar-refractivity contribution in [3.63, 3.8) is 0 Å². The second kappa shape index (κ2) is 19.4. The largest absolute Gasteiger partial charge is 0.0891 e. The predicted octanol–water partition coefficient (Wildman–Crippen LogP) is 20.7. The molecule has 0 atom stereocenters. The van der Waals surface area contributed by atoms with E-state index in [0.717, 1.165) is 25.7 Å². The van der Waals surface area contributed by atoms with Crippen molar-refractivity contribution in [1.29, 1.82) is 0 Å². The van der Waals surface area contributed by atoms with Crippen LogP contribution in [0.4, 0.5) is 0 Å². The minimum Gasteiger partial charge on any atom is -0.0891 e. The van der Waals surface area contributed by atoms with Gasteiger partial charge in [-0.15, -0.1) is 0 Å². The summed E-state index contributed by atoms with van der Waals surface area (Å²) in [4.78, 5) is 5.60. The lowest BCUT2D eigenvalue weighted by atomic mass is 9.51. The first-order valence-electron chi connectivity index (χ1n) is 31.1. The molecule has 2 heteroatoms. The Morgan fingerprint density at radius 2 is 0.442 bits per heavy atom. The Morgan fingerprint density at radius 1 is 0.221 bits per heavy atom. The average Bonchev–Trinajstić information content (AvgIpc) is 1.16. The van der Waals surface area contributed by atoms with E-state index in [-0.39, 0.29) is 10.8 Å². The van der Waals surface area contributed by atoms with Crippen molar-refractivity contribution in [2.24, 2.45) is 0 Å². The molecule has 0 bridgehead atoms. The van der Waals surface area contributed by atoms with Gasteiger partial charge < -0.3 is 0 Å². The Kier molecular flexibility index (Phi) is 11.7. The Morgan fingerprint density at radius 3 is 0.698 bits per heavy atom. The molecule has 18 rings (SSSR count). The first-order chi connectivity index (χ1) is 42.5. The highest BCUT2D eigenvalue weighted by atomic mass is 32.2. The molecule has 412 valence electrons. The van der Waals surface area contributed by atoms with E-state index in [2.05, 4.69) is 295 Å². The minimum absolute atomic E-state index is 0.388. The third-order valence-corrected chi connectivity index (χ3v) is 23.2. The molecule has 6 aliphatic rings. The number of hydrogen-bond acceptors (Lipinski definition) is 2. The maximum Gasteiger partial charge on any atom is 0.0730 e. The molecule has 0 aromatic heterocycles. The van der Waals surface area contributed by atoms with Gasteiger partial charge in [-0.1, -0.05) is 306 Å². The van der Waals surface area contributed by atoms with Crippen LogP contribution in [0.3, 0.4) is 0 Å². The molecule has 0 fully saturated rings. The predicted molar refractivity (Wildman–Crippen MR) is 357 cm³/mol. The molecule has 2 aliphatic heterocycles. The van der Waals surface area contributed by atoms with Crippen molar-refractivity contribution in [2.75, 3.05) is 0 Å². The molecule has 0 nitrogen and oxygen atoms in total. The molecule has 0 saturated carbocycles. The van der Waals surface area contributed by atoms with Gasteiger partial charge in [0.05, 0.1) is 21.7 Å². The third-order valence-electron chi connectivity index (χ3n) is 20.7. The molecule has 86 heavy (non-hydrogen) atoms. The van der Waals surface area contributed by atoms with Gasteiger partial charge in [0.15, 0.2) is 0 Å². The van der Waals surface area contributed by atoms with E-state index in [1.54, 1.807) is 0 Å². The molecule has 0 radical (unpaired) electrons. The lowest BCUT2D eigenvalue weighted by Gasteiger charge is -2.52. The van der Waals surface area contributed by atoms with Crippen molar-refractivity contribution in [3.8, 4) is 22.3 Å². The van der Waals surface area contributed by atoms with Crippen LogP contribution >= 0.6 is 23.5 Å². The van der Waals surface area contributed by atoms with Crippen LogP contribution in [-0.4, -0.2) is 0 Å². The summed E-state index contributed by atoms with van der Waals surface area (Å²) >= 11 is 3.94. The molecule has 12 aromatic rings. The van der Waals surface area contributed by atoms with Crippen LogP contribution in [0.25, 0.3) is 22.3 Å². The Labute approximate surface area is 515 Å². The minimum atomic E-state index is -0.419. The van der Waals surface area contributed by atoms with E-state index in [4.69, 9.17) is 0 Å². The van der Waals surface area contributed by atoms with Gasteiger partial charge in [0.2, 0.25) is 0 Å². The maximum atomic E-state index is 2.54. The molecule has 0 saturated heterocycles. The van der Waals surface area contributed by atoms with E-state index < -0.39 is 10.8 Å². The molecule has 2 heterocycles. The summed E-state index contributed by atoms with van der Waals surface area (Å²) in [7, 11) is 0.